The van der Waals surface area contributed by atoms with Gasteiger partial charge in [0.15, 0.2) is 0 Å². The number of hydrogen-bond acceptors (Lipinski definition) is 2. The summed E-state index contributed by atoms with van der Waals surface area (Å²) in [7, 11) is 0. The summed E-state index contributed by atoms with van der Waals surface area (Å²) in [6.45, 7) is 5.98. The Morgan fingerprint density at radius 2 is 2.10 bits per heavy atom. The molecular formula is C16H22ClNO2. The number of ether oxygens (including phenoxy) is 1. The highest BCUT2D eigenvalue weighted by molar-refractivity contribution is 6.31. The Balaban J connectivity index is 2.09. The van der Waals surface area contributed by atoms with Gasteiger partial charge in [0, 0.05) is 23.0 Å². The Kier molecular flexibility index (Phi) is 5.44. The van der Waals surface area contributed by atoms with Crippen LogP contribution in [0, 0.1) is 5.92 Å². The molecule has 1 saturated heterocycles. The number of benzene rings is 1. The Labute approximate surface area is 125 Å². The van der Waals surface area contributed by atoms with Crippen molar-refractivity contribution < 1.29 is 9.53 Å². The first-order valence-corrected chi connectivity index (χ1v) is 7.70. The van der Waals surface area contributed by atoms with E-state index in [4.69, 9.17) is 16.3 Å². The fraction of sp³-hybridized carbons (Fsp3) is 0.562. The van der Waals surface area contributed by atoms with Gasteiger partial charge in [0.2, 0.25) is 5.91 Å². The molecule has 20 heavy (non-hydrogen) atoms. The van der Waals surface area contributed by atoms with Gasteiger partial charge < -0.3 is 9.64 Å². The molecule has 0 N–H and O–H groups in total. The molecule has 0 spiro atoms. The predicted molar refractivity (Wildman–Crippen MR) is 80.8 cm³/mol. The lowest BCUT2D eigenvalue weighted by Crippen LogP contribution is -2.44. The lowest BCUT2D eigenvalue weighted by Gasteiger charge is -2.35. The summed E-state index contributed by atoms with van der Waals surface area (Å²) in [5, 5.41) is 0.703. The van der Waals surface area contributed by atoms with Gasteiger partial charge in [0.1, 0.15) is 6.10 Å². The quantitative estimate of drug-likeness (QED) is 0.848. The van der Waals surface area contributed by atoms with Crippen molar-refractivity contribution in [3.63, 3.8) is 0 Å². The molecule has 0 radical (unpaired) electrons. The van der Waals surface area contributed by atoms with Crippen LogP contribution in [-0.4, -0.2) is 30.5 Å². The van der Waals surface area contributed by atoms with Crippen LogP contribution in [0.15, 0.2) is 24.3 Å². The van der Waals surface area contributed by atoms with Gasteiger partial charge in [-0.1, -0.05) is 43.6 Å². The van der Waals surface area contributed by atoms with Gasteiger partial charge in [0.25, 0.3) is 0 Å². The molecule has 1 unspecified atom stereocenters. The van der Waals surface area contributed by atoms with E-state index in [-0.39, 0.29) is 17.9 Å². The zero-order valence-electron chi connectivity index (χ0n) is 12.1. The minimum Gasteiger partial charge on any atom is -0.370 e. The van der Waals surface area contributed by atoms with E-state index < -0.39 is 0 Å². The minimum atomic E-state index is -0.115. The maximum Gasteiger partial charge on any atom is 0.225 e. The number of halogens is 1. The molecule has 110 valence electrons. The summed E-state index contributed by atoms with van der Waals surface area (Å²) in [4.78, 5) is 14.4. The van der Waals surface area contributed by atoms with E-state index in [0.717, 1.165) is 18.4 Å². The monoisotopic (exact) mass is 295 g/mol. The van der Waals surface area contributed by atoms with Crippen molar-refractivity contribution in [2.75, 3.05) is 19.7 Å². The fourth-order valence-electron chi connectivity index (χ4n) is 2.67. The van der Waals surface area contributed by atoms with Crippen LogP contribution in [0.3, 0.4) is 0 Å². The van der Waals surface area contributed by atoms with Crippen molar-refractivity contribution in [1.29, 1.82) is 0 Å². The molecule has 0 aliphatic carbocycles. The molecule has 3 nitrogen and oxygen atoms in total. The van der Waals surface area contributed by atoms with E-state index >= 15 is 0 Å². The number of amides is 1. The first-order valence-electron chi connectivity index (χ1n) is 7.32. The van der Waals surface area contributed by atoms with Gasteiger partial charge in [-0.2, -0.15) is 0 Å². The molecule has 1 amide bonds. The van der Waals surface area contributed by atoms with Gasteiger partial charge >= 0.3 is 0 Å². The molecule has 1 aliphatic rings. The second-order valence-electron chi connectivity index (χ2n) is 5.18. The van der Waals surface area contributed by atoms with Crippen LogP contribution < -0.4 is 0 Å². The number of rotatable bonds is 4. The average Bonchev–Trinajstić information content (AvgIpc) is 2.49. The Bertz CT molecular complexity index is 460. The van der Waals surface area contributed by atoms with Crippen molar-refractivity contribution in [3.05, 3.63) is 34.9 Å². The maximum atomic E-state index is 12.5. The second kappa shape index (κ2) is 7.09. The highest BCUT2D eigenvalue weighted by Gasteiger charge is 2.29. The number of hydrogen-bond donors (Lipinski definition) is 0. The van der Waals surface area contributed by atoms with E-state index in [9.17, 15) is 4.79 Å². The number of nitrogens with zero attached hydrogens (tertiary/aromatic N) is 1. The van der Waals surface area contributed by atoms with Crippen LogP contribution in [0.1, 0.15) is 38.4 Å². The molecule has 1 heterocycles. The maximum absolute atomic E-state index is 12.5. The van der Waals surface area contributed by atoms with Crippen LogP contribution in [0.5, 0.6) is 0 Å². The van der Waals surface area contributed by atoms with Crippen LogP contribution in [0.4, 0.5) is 0 Å². The third-order valence-electron chi connectivity index (χ3n) is 3.97. The molecule has 4 heteroatoms. The topological polar surface area (TPSA) is 29.5 Å². The lowest BCUT2D eigenvalue weighted by atomic mass is 10.0. The smallest absolute Gasteiger partial charge is 0.225 e. The standard InChI is InChI=1S/C16H22ClNO2/c1-3-12(4-2)16(19)18-9-10-20-15(11-18)13-7-5-6-8-14(13)17/h5-8,12,15H,3-4,9-11H2,1-2H3. The number of morpholine rings is 1. The summed E-state index contributed by atoms with van der Waals surface area (Å²) in [6.07, 6.45) is 1.67. The number of carbonyl (C=O) groups is 1. The third kappa shape index (κ3) is 3.33. The predicted octanol–water partition coefficient (Wildman–Crippen LogP) is 3.68. The summed E-state index contributed by atoms with van der Waals surface area (Å²) >= 11 is 6.22. The zero-order valence-corrected chi connectivity index (χ0v) is 12.9. The van der Waals surface area contributed by atoms with Crippen molar-refractivity contribution in [2.45, 2.75) is 32.8 Å². The van der Waals surface area contributed by atoms with Gasteiger partial charge in [-0.25, -0.2) is 0 Å². The van der Waals surface area contributed by atoms with E-state index in [1.54, 1.807) is 0 Å². The molecule has 1 aliphatic heterocycles. The molecule has 1 aromatic rings. The summed E-state index contributed by atoms with van der Waals surface area (Å²) < 4.78 is 5.79. The van der Waals surface area contributed by atoms with Gasteiger partial charge in [-0.15, -0.1) is 0 Å². The highest BCUT2D eigenvalue weighted by atomic mass is 35.5. The Morgan fingerprint density at radius 1 is 1.40 bits per heavy atom. The van der Waals surface area contributed by atoms with E-state index in [1.807, 2.05) is 29.2 Å². The first-order chi connectivity index (χ1) is 9.67. The van der Waals surface area contributed by atoms with E-state index in [2.05, 4.69) is 13.8 Å². The molecule has 0 saturated carbocycles. The SMILES string of the molecule is CCC(CC)C(=O)N1CCOC(c2ccccc2Cl)C1. The normalized spacial score (nSPS) is 19.4. The first kappa shape index (κ1) is 15.3. The molecule has 1 fully saturated rings. The largest absolute Gasteiger partial charge is 0.370 e. The fourth-order valence-corrected chi connectivity index (χ4v) is 2.93. The molecule has 2 rings (SSSR count). The Morgan fingerprint density at radius 3 is 2.75 bits per heavy atom. The lowest BCUT2D eigenvalue weighted by molar-refractivity contribution is -0.143. The van der Waals surface area contributed by atoms with Gasteiger partial charge in [0.05, 0.1) is 13.2 Å². The highest BCUT2D eigenvalue weighted by Crippen LogP contribution is 2.29. The molecule has 1 aromatic carbocycles. The van der Waals surface area contributed by atoms with Crippen molar-refractivity contribution in [2.24, 2.45) is 5.92 Å². The molecular weight excluding hydrogens is 274 g/mol. The van der Waals surface area contributed by atoms with Crippen LogP contribution in [0.25, 0.3) is 0 Å². The molecule has 1 atom stereocenters. The van der Waals surface area contributed by atoms with Crippen LogP contribution >= 0.6 is 11.6 Å². The summed E-state index contributed by atoms with van der Waals surface area (Å²) in [5.74, 6) is 0.371. The van der Waals surface area contributed by atoms with Crippen molar-refractivity contribution in [3.8, 4) is 0 Å². The average molecular weight is 296 g/mol. The van der Waals surface area contributed by atoms with Gasteiger partial charge in [-0.05, 0) is 18.9 Å². The van der Waals surface area contributed by atoms with E-state index in [0.29, 0.717) is 24.7 Å². The van der Waals surface area contributed by atoms with Crippen molar-refractivity contribution in [1.82, 2.24) is 4.90 Å². The zero-order chi connectivity index (χ0) is 14.5. The van der Waals surface area contributed by atoms with E-state index in [1.165, 1.54) is 0 Å². The van der Waals surface area contributed by atoms with Crippen LogP contribution in [0.2, 0.25) is 5.02 Å². The van der Waals surface area contributed by atoms with Gasteiger partial charge in [-0.3, -0.25) is 4.79 Å². The summed E-state index contributed by atoms with van der Waals surface area (Å²) in [6, 6.07) is 7.69. The second-order valence-corrected chi connectivity index (χ2v) is 5.59. The Hall–Kier alpha value is -1.06. The number of carbonyl (C=O) groups excluding carboxylic acids is 1. The minimum absolute atomic E-state index is 0.115. The molecule has 0 bridgehead atoms. The van der Waals surface area contributed by atoms with Crippen molar-refractivity contribution >= 4 is 17.5 Å². The third-order valence-corrected chi connectivity index (χ3v) is 4.31. The van der Waals surface area contributed by atoms with Crippen LogP contribution in [-0.2, 0) is 9.53 Å². The summed E-state index contributed by atoms with van der Waals surface area (Å²) in [5.41, 5.74) is 0.969. The molecule has 0 aromatic heterocycles.